The third kappa shape index (κ3) is 7.25. The molecule has 0 bridgehead atoms. The summed E-state index contributed by atoms with van der Waals surface area (Å²) in [5.41, 5.74) is 6.44. The average Bonchev–Trinajstić information content (AvgIpc) is 3.45. The number of imidazole rings is 1. The molecule has 1 aliphatic heterocycles. The molecule has 0 aliphatic carbocycles. The Labute approximate surface area is 194 Å². The third-order valence-corrected chi connectivity index (χ3v) is 5.48. The van der Waals surface area contributed by atoms with Gasteiger partial charge in [-0.05, 0) is 26.2 Å². The molecule has 1 aromatic heterocycles. The Morgan fingerprint density at radius 1 is 1.24 bits per heavy atom. The zero-order chi connectivity index (χ0) is 25.4. The lowest BCUT2D eigenvalue weighted by molar-refractivity contribution is -0.150. The predicted molar refractivity (Wildman–Crippen MR) is 115 cm³/mol. The van der Waals surface area contributed by atoms with E-state index in [1.54, 1.807) is 0 Å². The summed E-state index contributed by atoms with van der Waals surface area (Å²) < 4.78 is 0. The van der Waals surface area contributed by atoms with Gasteiger partial charge in [-0.2, -0.15) is 0 Å². The second-order valence-corrected chi connectivity index (χ2v) is 8.14. The largest absolute Gasteiger partial charge is 0.481 e. The van der Waals surface area contributed by atoms with Crippen LogP contribution < -0.4 is 16.4 Å². The summed E-state index contributed by atoms with van der Waals surface area (Å²) in [6, 6.07) is -5.00. The highest BCUT2D eigenvalue weighted by molar-refractivity contribution is 5.94. The van der Waals surface area contributed by atoms with Crippen molar-refractivity contribution in [2.24, 2.45) is 5.73 Å². The number of nitrogens with zero attached hydrogens (tertiary/aromatic N) is 2. The number of amides is 3. The van der Waals surface area contributed by atoms with Gasteiger partial charge in [0.25, 0.3) is 0 Å². The van der Waals surface area contributed by atoms with Gasteiger partial charge in [0.1, 0.15) is 18.1 Å². The van der Waals surface area contributed by atoms with Crippen molar-refractivity contribution < 1.29 is 39.3 Å². The number of hydrogen-bond donors (Lipinski definition) is 7. The molecule has 1 saturated heterocycles. The van der Waals surface area contributed by atoms with E-state index in [0.717, 1.165) is 4.90 Å². The van der Waals surface area contributed by atoms with Crippen molar-refractivity contribution in [3.63, 3.8) is 0 Å². The summed E-state index contributed by atoms with van der Waals surface area (Å²) in [7, 11) is 0. The first kappa shape index (κ1) is 26.7. The first-order valence-corrected chi connectivity index (χ1v) is 10.8. The number of aromatic amines is 1. The van der Waals surface area contributed by atoms with Crippen molar-refractivity contribution in [1.82, 2.24) is 25.5 Å². The monoisotopic (exact) mass is 482 g/mol. The van der Waals surface area contributed by atoms with Gasteiger partial charge in [0.15, 0.2) is 0 Å². The number of hydrogen-bond acceptors (Lipinski definition) is 8. The molecule has 8 N–H and O–H groups in total. The molecule has 0 saturated carbocycles. The van der Waals surface area contributed by atoms with Gasteiger partial charge in [-0.15, -0.1) is 0 Å². The summed E-state index contributed by atoms with van der Waals surface area (Å²) in [5, 5.41) is 33.1. The van der Waals surface area contributed by atoms with Crippen molar-refractivity contribution in [3.05, 3.63) is 18.2 Å². The van der Waals surface area contributed by atoms with E-state index < -0.39 is 66.4 Å². The second-order valence-electron chi connectivity index (χ2n) is 8.14. The molecule has 1 aliphatic rings. The summed E-state index contributed by atoms with van der Waals surface area (Å²) >= 11 is 0. The van der Waals surface area contributed by atoms with Gasteiger partial charge in [-0.25, -0.2) is 9.78 Å². The lowest BCUT2D eigenvalue weighted by atomic mass is 10.1. The Hall–Kier alpha value is -3.52. The first-order valence-electron chi connectivity index (χ1n) is 10.8. The fourth-order valence-corrected chi connectivity index (χ4v) is 3.67. The number of aliphatic hydroxyl groups excluding tert-OH is 1. The van der Waals surface area contributed by atoms with Gasteiger partial charge in [0, 0.05) is 31.3 Å². The van der Waals surface area contributed by atoms with Gasteiger partial charge in [0.2, 0.25) is 17.7 Å². The van der Waals surface area contributed by atoms with Gasteiger partial charge in [-0.3, -0.25) is 19.2 Å². The van der Waals surface area contributed by atoms with E-state index in [1.807, 2.05) is 0 Å². The number of carboxylic acid groups (broad SMARTS) is 2. The van der Waals surface area contributed by atoms with Crippen LogP contribution >= 0.6 is 0 Å². The lowest BCUT2D eigenvalue weighted by Crippen LogP contribution is -2.60. The normalized spacial score (nSPS) is 19.0. The number of aliphatic hydroxyl groups is 1. The summed E-state index contributed by atoms with van der Waals surface area (Å²) in [6.07, 6.45) is 1.52. The maximum Gasteiger partial charge on any atom is 0.326 e. The third-order valence-electron chi connectivity index (χ3n) is 5.48. The van der Waals surface area contributed by atoms with Crippen LogP contribution in [-0.2, 0) is 30.4 Å². The molecule has 5 unspecified atom stereocenters. The van der Waals surface area contributed by atoms with Gasteiger partial charge in [0.05, 0.1) is 18.5 Å². The molecule has 2 heterocycles. The molecule has 188 valence electrons. The number of carboxylic acids is 2. The van der Waals surface area contributed by atoms with E-state index in [-0.39, 0.29) is 25.8 Å². The molecule has 1 aromatic rings. The molecule has 14 nitrogen and oxygen atoms in total. The number of aromatic nitrogens is 2. The molecular weight excluding hydrogens is 452 g/mol. The molecular formula is C20H30N6O8. The van der Waals surface area contributed by atoms with Crippen LogP contribution in [0.3, 0.4) is 0 Å². The number of carbonyl (C=O) groups excluding carboxylic acids is 3. The molecule has 0 aromatic carbocycles. The zero-order valence-corrected chi connectivity index (χ0v) is 18.6. The van der Waals surface area contributed by atoms with Crippen LogP contribution in [0.4, 0.5) is 0 Å². The molecule has 2 rings (SSSR count). The topological polar surface area (TPSA) is 228 Å². The number of nitrogens with one attached hydrogen (secondary N) is 3. The minimum atomic E-state index is -1.49. The number of carbonyl (C=O) groups is 5. The Morgan fingerprint density at radius 3 is 2.50 bits per heavy atom. The van der Waals surface area contributed by atoms with Gasteiger partial charge < -0.3 is 41.6 Å². The highest BCUT2D eigenvalue weighted by atomic mass is 16.4. The van der Waals surface area contributed by atoms with E-state index in [0.29, 0.717) is 12.1 Å². The molecule has 0 radical (unpaired) electrons. The van der Waals surface area contributed by atoms with Crippen molar-refractivity contribution >= 4 is 29.7 Å². The van der Waals surface area contributed by atoms with Crippen LogP contribution in [0.1, 0.15) is 38.3 Å². The molecule has 1 fully saturated rings. The van der Waals surface area contributed by atoms with E-state index in [4.69, 9.17) is 10.8 Å². The minimum Gasteiger partial charge on any atom is -0.481 e. The Kier molecular flexibility index (Phi) is 9.50. The van der Waals surface area contributed by atoms with Gasteiger partial charge in [-0.1, -0.05) is 0 Å². The zero-order valence-electron chi connectivity index (χ0n) is 18.6. The lowest BCUT2D eigenvalue weighted by Gasteiger charge is -2.29. The number of nitrogens with two attached hydrogens (primary N) is 1. The molecule has 34 heavy (non-hydrogen) atoms. The fraction of sp³-hybridized carbons (Fsp3) is 0.600. The van der Waals surface area contributed by atoms with Crippen LogP contribution in [0.2, 0.25) is 0 Å². The first-order chi connectivity index (χ1) is 16.0. The van der Waals surface area contributed by atoms with E-state index in [1.165, 1.54) is 19.4 Å². The number of aliphatic carboxylic acids is 2. The Balaban J connectivity index is 2.11. The maximum atomic E-state index is 13.0. The highest BCUT2D eigenvalue weighted by Crippen LogP contribution is 2.19. The van der Waals surface area contributed by atoms with Crippen molar-refractivity contribution in [1.29, 1.82) is 0 Å². The van der Waals surface area contributed by atoms with Crippen LogP contribution in [0.5, 0.6) is 0 Å². The van der Waals surface area contributed by atoms with E-state index in [2.05, 4.69) is 20.6 Å². The molecule has 0 spiro atoms. The van der Waals surface area contributed by atoms with Gasteiger partial charge >= 0.3 is 11.9 Å². The molecule has 14 heteroatoms. The SMILES string of the molecule is CC(O)C(NC(=O)C(N)Cc1cnc[nH]1)C(=O)NC(CCC(=O)O)C(=O)N1CCCC1C(=O)O. The number of rotatable bonds is 12. The average molecular weight is 482 g/mol. The standard InChI is InChI=1S/C20H30N6O8/c1-10(27)16(25-17(30)12(21)7-11-8-22-9-23-11)18(31)24-13(4-5-15(28)29)19(32)26-6-2-3-14(26)20(33)34/h8-10,12-14,16,27H,2-7,21H2,1H3,(H,22,23)(H,24,31)(H,25,30)(H,28,29)(H,33,34). The van der Waals surface area contributed by atoms with Crippen molar-refractivity contribution in [3.8, 4) is 0 Å². The maximum absolute atomic E-state index is 13.0. The minimum absolute atomic E-state index is 0.0885. The van der Waals surface area contributed by atoms with Crippen LogP contribution in [0, 0.1) is 0 Å². The van der Waals surface area contributed by atoms with Crippen LogP contribution in [0.25, 0.3) is 0 Å². The highest BCUT2D eigenvalue weighted by Gasteiger charge is 2.39. The van der Waals surface area contributed by atoms with Crippen LogP contribution in [-0.4, -0.2) is 96.7 Å². The van der Waals surface area contributed by atoms with Crippen molar-refractivity contribution in [2.75, 3.05) is 6.54 Å². The Bertz CT molecular complexity index is 890. The quantitative estimate of drug-likeness (QED) is 0.166. The summed E-state index contributed by atoms with van der Waals surface area (Å²) in [4.78, 5) is 68.5. The van der Waals surface area contributed by atoms with E-state index in [9.17, 15) is 34.2 Å². The predicted octanol–water partition coefficient (Wildman–Crippen LogP) is -2.43. The number of H-pyrrole nitrogens is 1. The second kappa shape index (κ2) is 12.1. The fourth-order valence-electron chi connectivity index (χ4n) is 3.67. The smallest absolute Gasteiger partial charge is 0.326 e. The molecule has 3 amide bonds. The summed E-state index contributed by atoms with van der Waals surface area (Å²) in [5.74, 6) is -4.84. The summed E-state index contributed by atoms with van der Waals surface area (Å²) in [6.45, 7) is 1.40. The van der Waals surface area contributed by atoms with Crippen LogP contribution in [0.15, 0.2) is 12.5 Å². The number of likely N-dealkylation sites (tertiary alicyclic amines) is 1. The van der Waals surface area contributed by atoms with E-state index >= 15 is 0 Å². The van der Waals surface area contributed by atoms with Crippen molar-refractivity contribution in [2.45, 2.75) is 69.3 Å². The molecule has 5 atom stereocenters. The Morgan fingerprint density at radius 2 is 1.94 bits per heavy atom.